The molecule has 20 heavy (non-hydrogen) atoms. The van der Waals surface area contributed by atoms with E-state index in [0.29, 0.717) is 18.7 Å². The first kappa shape index (κ1) is 14.5. The lowest BCUT2D eigenvalue weighted by Gasteiger charge is -2.17. The lowest BCUT2D eigenvalue weighted by atomic mass is 10.1. The maximum atomic E-state index is 12.2. The Hall–Kier alpha value is -1.89. The summed E-state index contributed by atoms with van der Waals surface area (Å²) in [5.74, 6) is -0.198. The highest BCUT2D eigenvalue weighted by Crippen LogP contribution is 2.30. The van der Waals surface area contributed by atoms with Crippen molar-refractivity contribution in [3.63, 3.8) is 0 Å². The molecule has 0 aliphatic carbocycles. The van der Waals surface area contributed by atoms with Crippen LogP contribution in [0.5, 0.6) is 11.5 Å². The van der Waals surface area contributed by atoms with Crippen LogP contribution >= 0.6 is 0 Å². The number of rotatable bonds is 4. The summed E-state index contributed by atoms with van der Waals surface area (Å²) in [6.07, 6.45) is 0.759. The Morgan fingerprint density at radius 3 is 2.75 bits per heavy atom. The molecule has 0 saturated carbocycles. The quantitative estimate of drug-likeness (QED) is 0.910. The molecule has 1 aliphatic heterocycles. The lowest BCUT2D eigenvalue weighted by molar-refractivity contribution is -0.0512. The van der Waals surface area contributed by atoms with Gasteiger partial charge < -0.3 is 20.1 Å². The molecule has 7 heteroatoms. The molecular weight excluding hydrogens is 270 g/mol. The summed E-state index contributed by atoms with van der Waals surface area (Å²) < 4.78 is 33.7. The standard InChI is InChI=1S/C13H16F2N2O3/c1-19-11-6-8(2-3-10(11)20-13(14)15)12(18)17-5-4-9(16)7-17/h2-3,6,9,13H,4-5,7,16H2,1H3/t9-/m1/s1. The van der Waals surface area contributed by atoms with Crippen LogP contribution in [0.1, 0.15) is 16.8 Å². The predicted molar refractivity (Wildman–Crippen MR) is 68.1 cm³/mol. The summed E-state index contributed by atoms with van der Waals surface area (Å²) >= 11 is 0. The van der Waals surface area contributed by atoms with Crippen molar-refractivity contribution in [2.45, 2.75) is 19.1 Å². The third-order valence-corrected chi connectivity index (χ3v) is 3.14. The van der Waals surface area contributed by atoms with Gasteiger partial charge in [-0.3, -0.25) is 4.79 Å². The molecule has 5 nitrogen and oxygen atoms in total. The number of carbonyl (C=O) groups is 1. The van der Waals surface area contributed by atoms with Crippen LogP contribution in [-0.4, -0.2) is 43.7 Å². The maximum absolute atomic E-state index is 12.2. The van der Waals surface area contributed by atoms with Crippen molar-refractivity contribution in [2.75, 3.05) is 20.2 Å². The van der Waals surface area contributed by atoms with Crippen LogP contribution in [0.15, 0.2) is 18.2 Å². The molecule has 2 N–H and O–H groups in total. The summed E-state index contributed by atoms with van der Waals surface area (Å²) in [5.41, 5.74) is 6.11. The second-order valence-corrected chi connectivity index (χ2v) is 4.54. The van der Waals surface area contributed by atoms with E-state index in [9.17, 15) is 13.6 Å². The largest absolute Gasteiger partial charge is 0.493 e. The lowest BCUT2D eigenvalue weighted by Crippen LogP contribution is -2.31. The average Bonchev–Trinajstić information content (AvgIpc) is 2.84. The third-order valence-electron chi connectivity index (χ3n) is 3.14. The molecule has 0 aromatic heterocycles. The Morgan fingerprint density at radius 2 is 2.20 bits per heavy atom. The highest BCUT2D eigenvalue weighted by Gasteiger charge is 2.25. The van der Waals surface area contributed by atoms with E-state index in [2.05, 4.69) is 4.74 Å². The van der Waals surface area contributed by atoms with Crippen LogP contribution in [-0.2, 0) is 0 Å². The van der Waals surface area contributed by atoms with Gasteiger partial charge in [-0.05, 0) is 24.6 Å². The zero-order valence-corrected chi connectivity index (χ0v) is 11.0. The first-order chi connectivity index (χ1) is 9.51. The van der Waals surface area contributed by atoms with Crippen LogP contribution < -0.4 is 15.2 Å². The summed E-state index contributed by atoms with van der Waals surface area (Å²) in [5, 5.41) is 0. The molecular formula is C13H16F2N2O3. The van der Waals surface area contributed by atoms with E-state index in [1.165, 1.54) is 25.3 Å². The zero-order valence-electron chi connectivity index (χ0n) is 11.0. The molecule has 1 atom stereocenters. The number of ether oxygens (including phenoxy) is 2. The smallest absolute Gasteiger partial charge is 0.387 e. The Labute approximate surface area is 115 Å². The van der Waals surface area contributed by atoms with Crippen LogP contribution in [0.2, 0.25) is 0 Å². The summed E-state index contributed by atoms with van der Waals surface area (Å²) in [6, 6.07) is 4.12. The fraction of sp³-hybridized carbons (Fsp3) is 0.462. The number of nitrogens with zero attached hydrogens (tertiary/aromatic N) is 1. The highest BCUT2D eigenvalue weighted by molar-refractivity contribution is 5.95. The van der Waals surface area contributed by atoms with Gasteiger partial charge in [-0.15, -0.1) is 0 Å². The van der Waals surface area contributed by atoms with Crippen LogP contribution in [0.3, 0.4) is 0 Å². The van der Waals surface area contributed by atoms with E-state index in [1.54, 1.807) is 4.90 Å². The molecule has 1 amide bonds. The fourth-order valence-corrected chi connectivity index (χ4v) is 2.15. The summed E-state index contributed by atoms with van der Waals surface area (Å²) in [6.45, 7) is -1.85. The van der Waals surface area contributed by atoms with Crippen molar-refractivity contribution in [3.05, 3.63) is 23.8 Å². The number of likely N-dealkylation sites (tertiary alicyclic amines) is 1. The molecule has 2 rings (SSSR count). The van der Waals surface area contributed by atoms with Gasteiger partial charge in [-0.1, -0.05) is 0 Å². The minimum absolute atomic E-state index is 0.0118. The number of hydrogen-bond acceptors (Lipinski definition) is 4. The van der Waals surface area contributed by atoms with E-state index in [4.69, 9.17) is 10.5 Å². The van der Waals surface area contributed by atoms with Crippen LogP contribution in [0.25, 0.3) is 0 Å². The van der Waals surface area contributed by atoms with E-state index in [0.717, 1.165) is 6.42 Å². The molecule has 1 aromatic carbocycles. The average molecular weight is 286 g/mol. The predicted octanol–water partition coefficient (Wildman–Crippen LogP) is 1.47. The van der Waals surface area contributed by atoms with E-state index >= 15 is 0 Å². The molecule has 0 bridgehead atoms. The first-order valence-electron chi connectivity index (χ1n) is 6.19. The second-order valence-electron chi connectivity index (χ2n) is 4.54. The van der Waals surface area contributed by atoms with Crippen molar-refractivity contribution in [1.82, 2.24) is 4.90 Å². The molecule has 1 aliphatic rings. The highest BCUT2D eigenvalue weighted by atomic mass is 19.3. The van der Waals surface area contributed by atoms with Gasteiger partial charge in [0.15, 0.2) is 11.5 Å². The van der Waals surface area contributed by atoms with Crippen molar-refractivity contribution >= 4 is 5.91 Å². The Morgan fingerprint density at radius 1 is 1.45 bits per heavy atom. The number of alkyl halides is 2. The minimum atomic E-state index is -2.94. The molecule has 0 spiro atoms. The SMILES string of the molecule is COc1cc(C(=O)N2CC[C@@H](N)C2)ccc1OC(F)F. The topological polar surface area (TPSA) is 64.8 Å². The van der Waals surface area contributed by atoms with Gasteiger partial charge in [0, 0.05) is 24.7 Å². The number of hydrogen-bond donors (Lipinski definition) is 1. The second kappa shape index (κ2) is 6.04. The molecule has 1 heterocycles. The van der Waals surface area contributed by atoms with Gasteiger partial charge >= 0.3 is 6.61 Å². The van der Waals surface area contributed by atoms with Gasteiger partial charge in [0.2, 0.25) is 0 Å². The zero-order chi connectivity index (χ0) is 14.7. The number of carbonyl (C=O) groups excluding carboxylic acids is 1. The number of methoxy groups -OCH3 is 1. The van der Waals surface area contributed by atoms with Gasteiger partial charge in [0.25, 0.3) is 5.91 Å². The van der Waals surface area contributed by atoms with Crippen molar-refractivity contribution in [3.8, 4) is 11.5 Å². The number of nitrogens with two attached hydrogens (primary N) is 1. The van der Waals surface area contributed by atoms with Crippen molar-refractivity contribution in [1.29, 1.82) is 0 Å². The van der Waals surface area contributed by atoms with E-state index in [1.807, 2.05) is 0 Å². The van der Waals surface area contributed by atoms with Gasteiger partial charge in [0.05, 0.1) is 7.11 Å². The molecule has 110 valence electrons. The molecule has 0 unspecified atom stereocenters. The van der Waals surface area contributed by atoms with Crippen LogP contribution in [0.4, 0.5) is 8.78 Å². The fourth-order valence-electron chi connectivity index (χ4n) is 2.15. The molecule has 1 saturated heterocycles. The summed E-state index contributed by atoms with van der Waals surface area (Å²) in [7, 11) is 1.33. The Bertz CT molecular complexity index is 497. The van der Waals surface area contributed by atoms with Crippen molar-refractivity contribution < 1.29 is 23.0 Å². The first-order valence-corrected chi connectivity index (χ1v) is 6.19. The van der Waals surface area contributed by atoms with Gasteiger partial charge in [-0.25, -0.2) is 0 Å². The van der Waals surface area contributed by atoms with Gasteiger partial charge in [-0.2, -0.15) is 8.78 Å². The third kappa shape index (κ3) is 3.16. The molecule has 1 aromatic rings. The molecule has 0 radical (unpaired) electrons. The monoisotopic (exact) mass is 286 g/mol. The summed E-state index contributed by atoms with van der Waals surface area (Å²) in [4.78, 5) is 13.9. The number of benzene rings is 1. The van der Waals surface area contributed by atoms with E-state index < -0.39 is 6.61 Å². The Kier molecular flexibility index (Phi) is 4.39. The van der Waals surface area contributed by atoms with E-state index in [-0.39, 0.29) is 23.4 Å². The number of halogens is 2. The number of amides is 1. The van der Waals surface area contributed by atoms with Crippen LogP contribution in [0, 0.1) is 0 Å². The Balaban J connectivity index is 2.18. The van der Waals surface area contributed by atoms with Crippen molar-refractivity contribution in [2.24, 2.45) is 5.73 Å². The normalized spacial score (nSPS) is 18.4. The maximum Gasteiger partial charge on any atom is 0.387 e. The minimum Gasteiger partial charge on any atom is -0.493 e. The molecule has 1 fully saturated rings. The van der Waals surface area contributed by atoms with Gasteiger partial charge in [0.1, 0.15) is 0 Å².